The topological polar surface area (TPSA) is 47.9 Å². The average Bonchev–Trinajstić information content (AvgIpc) is 2.88. The van der Waals surface area contributed by atoms with Crippen LogP contribution in [0, 0.1) is 35.5 Å². The van der Waals surface area contributed by atoms with Crippen molar-refractivity contribution in [2.75, 3.05) is 13.7 Å². The highest BCUT2D eigenvalue weighted by Gasteiger charge is 2.50. The SMILES string of the molecule is CN=C(C#C[C@H]1C[C@@H](CC(C)C)C1)[C@@H](CCO[Si](c1ccccc1)(c1ccccc1)C(C)(C)C)CC(=O)OC(C)(C)C. The van der Waals surface area contributed by atoms with Gasteiger partial charge in [0.15, 0.2) is 0 Å². The number of carbonyl (C=O) groups excluding carboxylic acids is 1. The number of esters is 1. The summed E-state index contributed by atoms with van der Waals surface area (Å²) in [5.41, 5.74) is 0.235. The number of ether oxygens (including phenoxy) is 1. The molecule has 0 N–H and O–H groups in total. The zero-order chi connectivity index (χ0) is 31.0. The molecule has 1 fully saturated rings. The highest BCUT2D eigenvalue weighted by Crippen LogP contribution is 2.38. The van der Waals surface area contributed by atoms with E-state index in [-0.39, 0.29) is 23.3 Å². The Bertz CT molecular complexity index is 1180. The Labute approximate surface area is 256 Å². The number of aliphatic imine (C=N–C) groups is 1. The lowest BCUT2D eigenvalue weighted by Gasteiger charge is -2.43. The molecule has 0 aromatic heterocycles. The standard InChI is InChI=1S/C37H53NO3Si/c1-28(2)24-30-25-29(26-30)20-21-34(38-9)31(27-35(39)41-36(3,4)5)22-23-40-42(37(6,7)8,32-16-12-10-13-17-32)33-18-14-11-15-19-33/h10-19,28-31H,22-27H2,1-9H3/t29-,30+,31-/m0/s1. The smallest absolute Gasteiger partial charge is 0.307 e. The molecule has 1 atom stereocenters. The third kappa shape index (κ3) is 9.16. The fraction of sp³-hybridized carbons (Fsp3) is 0.568. The lowest BCUT2D eigenvalue weighted by Crippen LogP contribution is -2.66. The second-order valence-corrected chi connectivity index (χ2v) is 18.6. The van der Waals surface area contributed by atoms with Gasteiger partial charge in [0.1, 0.15) is 5.60 Å². The van der Waals surface area contributed by atoms with Gasteiger partial charge in [0, 0.05) is 25.5 Å². The Kier molecular flexibility index (Phi) is 11.8. The van der Waals surface area contributed by atoms with Gasteiger partial charge in [0.25, 0.3) is 8.32 Å². The number of benzene rings is 2. The highest BCUT2D eigenvalue weighted by molar-refractivity contribution is 6.99. The lowest BCUT2D eigenvalue weighted by atomic mass is 9.71. The van der Waals surface area contributed by atoms with Crippen LogP contribution in [0.5, 0.6) is 0 Å². The van der Waals surface area contributed by atoms with E-state index in [9.17, 15) is 4.79 Å². The van der Waals surface area contributed by atoms with Crippen molar-refractivity contribution in [1.82, 2.24) is 0 Å². The van der Waals surface area contributed by atoms with Crippen molar-refractivity contribution < 1.29 is 14.0 Å². The molecule has 0 radical (unpaired) electrons. The molecule has 0 amide bonds. The van der Waals surface area contributed by atoms with Gasteiger partial charge >= 0.3 is 5.97 Å². The molecule has 2 aromatic rings. The van der Waals surface area contributed by atoms with Crippen LogP contribution in [0.15, 0.2) is 65.7 Å². The fourth-order valence-corrected chi connectivity index (χ4v) is 10.8. The van der Waals surface area contributed by atoms with E-state index >= 15 is 0 Å². The van der Waals surface area contributed by atoms with Gasteiger partial charge in [0.2, 0.25) is 0 Å². The first-order valence-corrected chi connectivity index (χ1v) is 17.6. The van der Waals surface area contributed by atoms with Crippen molar-refractivity contribution in [3.8, 4) is 11.8 Å². The molecule has 0 bridgehead atoms. The molecule has 2 aromatic carbocycles. The molecule has 3 rings (SSSR count). The molecule has 42 heavy (non-hydrogen) atoms. The van der Waals surface area contributed by atoms with E-state index in [1.807, 2.05) is 20.8 Å². The van der Waals surface area contributed by atoms with E-state index in [1.165, 1.54) is 16.8 Å². The van der Waals surface area contributed by atoms with E-state index in [1.54, 1.807) is 7.05 Å². The fourth-order valence-electron chi connectivity index (χ4n) is 6.26. The molecular formula is C37H53NO3Si. The van der Waals surface area contributed by atoms with E-state index < -0.39 is 13.9 Å². The lowest BCUT2D eigenvalue weighted by molar-refractivity contribution is -0.155. The van der Waals surface area contributed by atoms with Crippen molar-refractivity contribution in [1.29, 1.82) is 0 Å². The van der Waals surface area contributed by atoms with E-state index in [0.717, 1.165) is 30.4 Å². The summed E-state index contributed by atoms with van der Waals surface area (Å²) in [4.78, 5) is 17.7. The molecule has 4 nitrogen and oxygen atoms in total. The monoisotopic (exact) mass is 587 g/mol. The van der Waals surface area contributed by atoms with Gasteiger partial charge in [-0.2, -0.15) is 0 Å². The van der Waals surface area contributed by atoms with Crippen molar-refractivity contribution in [2.24, 2.45) is 28.7 Å². The van der Waals surface area contributed by atoms with Gasteiger partial charge in [-0.15, -0.1) is 0 Å². The first-order valence-electron chi connectivity index (χ1n) is 15.7. The third-order valence-electron chi connectivity index (χ3n) is 8.11. The minimum absolute atomic E-state index is 0.116. The van der Waals surface area contributed by atoms with Gasteiger partial charge in [-0.3, -0.25) is 9.79 Å². The van der Waals surface area contributed by atoms with Crippen LogP contribution in [-0.4, -0.2) is 39.3 Å². The maximum absolute atomic E-state index is 13.0. The zero-order valence-corrected chi connectivity index (χ0v) is 28.5. The maximum atomic E-state index is 13.0. The maximum Gasteiger partial charge on any atom is 0.307 e. The Morgan fingerprint density at radius 2 is 1.50 bits per heavy atom. The molecule has 1 aliphatic rings. The molecule has 0 saturated heterocycles. The number of nitrogens with zero attached hydrogens (tertiary/aromatic N) is 1. The van der Waals surface area contributed by atoms with Crippen LogP contribution in [0.3, 0.4) is 0 Å². The predicted octanol–water partition coefficient (Wildman–Crippen LogP) is 7.45. The molecule has 0 heterocycles. The number of hydrogen-bond acceptors (Lipinski definition) is 4. The predicted molar refractivity (Wildman–Crippen MR) is 179 cm³/mol. The summed E-state index contributed by atoms with van der Waals surface area (Å²) in [7, 11) is -0.897. The van der Waals surface area contributed by atoms with E-state index in [0.29, 0.717) is 18.9 Å². The summed E-state index contributed by atoms with van der Waals surface area (Å²) >= 11 is 0. The summed E-state index contributed by atoms with van der Waals surface area (Å²) in [6.45, 7) is 17.7. The van der Waals surface area contributed by atoms with Crippen LogP contribution < -0.4 is 10.4 Å². The van der Waals surface area contributed by atoms with Crippen LogP contribution in [0.25, 0.3) is 0 Å². The molecule has 1 aliphatic carbocycles. The second kappa shape index (κ2) is 14.7. The van der Waals surface area contributed by atoms with Crippen molar-refractivity contribution in [3.63, 3.8) is 0 Å². The highest BCUT2D eigenvalue weighted by atomic mass is 28.4. The average molecular weight is 588 g/mol. The number of rotatable bonds is 11. The Morgan fingerprint density at radius 3 is 1.95 bits per heavy atom. The summed E-state index contributed by atoms with van der Waals surface area (Å²) in [6.07, 6.45) is 4.48. The molecule has 0 spiro atoms. The summed E-state index contributed by atoms with van der Waals surface area (Å²) in [5, 5.41) is 2.38. The van der Waals surface area contributed by atoms with Gasteiger partial charge < -0.3 is 9.16 Å². The summed E-state index contributed by atoms with van der Waals surface area (Å²) in [5.74, 6) is 8.44. The normalized spacial score (nSPS) is 18.6. The summed E-state index contributed by atoms with van der Waals surface area (Å²) < 4.78 is 12.9. The van der Waals surface area contributed by atoms with Crippen molar-refractivity contribution in [2.45, 2.75) is 98.1 Å². The Morgan fingerprint density at radius 1 is 0.952 bits per heavy atom. The molecule has 1 saturated carbocycles. The molecule has 0 aliphatic heterocycles. The van der Waals surface area contributed by atoms with E-state index in [2.05, 4.69) is 112 Å². The zero-order valence-electron chi connectivity index (χ0n) is 27.5. The third-order valence-corrected chi connectivity index (χ3v) is 13.1. The van der Waals surface area contributed by atoms with Crippen LogP contribution in [0.2, 0.25) is 5.04 Å². The van der Waals surface area contributed by atoms with Crippen LogP contribution in [0.1, 0.15) is 87.5 Å². The van der Waals surface area contributed by atoms with Crippen LogP contribution in [-0.2, 0) is 14.0 Å². The quantitative estimate of drug-likeness (QED) is 0.119. The number of hydrogen-bond donors (Lipinski definition) is 0. The van der Waals surface area contributed by atoms with Gasteiger partial charge in [-0.1, -0.05) is 107 Å². The van der Waals surface area contributed by atoms with Crippen LogP contribution >= 0.6 is 0 Å². The van der Waals surface area contributed by atoms with E-state index in [4.69, 9.17) is 9.16 Å². The van der Waals surface area contributed by atoms with Crippen molar-refractivity contribution >= 4 is 30.4 Å². The van der Waals surface area contributed by atoms with Gasteiger partial charge in [-0.25, -0.2) is 0 Å². The molecule has 228 valence electrons. The second-order valence-electron chi connectivity index (χ2n) is 14.3. The van der Waals surface area contributed by atoms with Crippen LogP contribution in [0.4, 0.5) is 0 Å². The molecule has 5 heteroatoms. The number of carbonyl (C=O) groups is 1. The minimum Gasteiger partial charge on any atom is -0.460 e. The first kappa shape index (κ1) is 33.8. The van der Waals surface area contributed by atoms with Gasteiger partial charge in [-0.05, 0) is 73.7 Å². The van der Waals surface area contributed by atoms with Gasteiger partial charge in [0.05, 0.1) is 12.1 Å². The summed E-state index contributed by atoms with van der Waals surface area (Å²) in [6, 6.07) is 21.3. The first-order chi connectivity index (χ1) is 19.7. The Balaban J connectivity index is 1.87. The Hall–Kier alpha value is -2.68. The molecular weight excluding hydrogens is 534 g/mol. The molecule has 0 unspecified atom stereocenters. The minimum atomic E-state index is -2.69. The van der Waals surface area contributed by atoms with Crippen molar-refractivity contribution in [3.05, 3.63) is 60.7 Å². The largest absolute Gasteiger partial charge is 0.460 e.